The molecule has 0 aliphatic heterocycles. The molecule has 0 unspecified atom stereocenters. The molecule has 0 heterocycles. The topological polar surface area (TPSA) is 12.4 Å². The minimum atomic E-state index is 0.950. The average molecular weight is 125 g/mol. The van der Waals surface area contributed by atoms with Crippen molar-refractivity contribution in [2.24, 2.45) is 4.99 Å². The van der Waals surface area contributed by atoms with Gasteiger partial charge in [0.2, 0.25) is 0 Å². The van der Waals surface area contributed by atoms with E-state index in [1.807, 2.05) is 13.1 Å². The molecule has 9 heavy (non-hydrogen) atoms. The second kappa shape index (κ2) is 5.54. The molecule has 0 saturated carbocycles. The van der Waals surface area contributed by atoms with Gasteiger partial charge >= 0.3 is 0 Å². The van der Waals surface area contributed by atoms with Gasteiger partial charge < -0.3 is 0 Å². The molecule has 0 atom stereocenters. The highest BCUT2D eigenvalue weighted by atomic mass is 14.7. The molecule has 0 aromatic carbocycles. The van der Waals surface area contributed by atoms with Crippen LogP contribution in [0.1, 0.15) is 27.2 Å². The average Bonchev–Trinajstić information content (AvgIpc) is 1.89. The molecule has 0 aliphatic rings. The first-order valence-corrected chi connectivity index (χ1v) is 3.44. The molecule has 1 heteroatoms. The lowest BCUT2D eigenvalue weighted by Gasteiger charge is -1.86. The van der Waals surface area contributed by atoms with Crippen molar-refractivity contribution >= 4 is 6.21 Å². The van der Waals surface area contributed by atoms with Crippen molar-refractivity contribution in [3.05, 3.63) is 11.6 Å². The summed E-state index contributed by atoms with van der Waals surface area (Å²) in [5.41, 5.74) is 1.24. The van der Waals surface area contributed by atoms with Gasteiger partial charge in [-0.3, -0.25) is 4.99 Å². The van der Waals surface area contributed by atoms with Gasteiger partial charge in [-0.2, -0.15) is 0 Å². The minimum Gasteiger partial charge on any atom is -0.293 e. The number of allylic oxidation sites excluding steroid dienone is 2. The first kappa shape index (κ1) is 8.41. The lowest BCUT2D eigenvalue weighted by atomic mass is 10.3. The Bertz CT molecular complexity index is 112. The number of hydrogen-bond acceptors (Lipinski definition) is 1. The largest absolute Gasteiger partial charge is 0.293 e. The molecule has 0 N–H and O–H groups in total. The summed E-state index contributed by atoms with van der Waals surface area (Å²) < 4.78 is 0. The summed E-state index contributed by atoms with van der Waals surface area (Å²) in [7, 11) is 0. The van der Waals surface area contributed by atoms with Crippen molar-refractivity contribution < 1.29 is 0 Å². The molecule has 0 amide bonds. The molecule has 0 rings (SSSR count). The number of aliphatic imine (C=N–C) groups is 1. The molecular formula is C8H15N. The van der Waals surface area contributed by atoms with E-state index < -0.39 is 0 Å². The first-order valence-electron chi connectivity index (χ1n) is 3.44. The van der Waals surface area contributed by atoms with Gasteiger partial charge in [0.05, 0.1) is 0 Å². The highest BCUT2D eigenvalue weighted by Crippen LogP contribution is 1.86. The second-order valence-electron chi connectivity index (χ2n) is 2.07. The Morgan fingerprint density at radius 2 is 2.22 bits per heavy atom. The zero-order valence-corrected chi connectivity index (χ0v) is 6.52. The van der Waals surface area contributed by atoms with Crippen LogP contribution in [0.15, 0.2) is 16.6 Å². The van der Waals surface area contributed by atoms with Gasteiger partial charge in [-0.15, -0.1) is 0 Å². The number of nitrogens with zero attached hydrogens (tertiary/aromatic N) is 1. The molecule has 0 spiro atoms. The summed E-state index contributed by atoms with van der Waals surface area (Å²) >= 11 is 0. The quantitative estimate of drug-likeness (QED) is 0.514. The van der Waals surface area contributed by atoms with Crippen LogP contribution in [-0.2, 0) is 0 Å². The molecule has 0 bridgehead atoms. The van der Waals surface area contributed by atoms with Gasteiger partial charge in [0.25, 0.3) is 0 Å². The van der Waals surface area contributed by atoms with Gasteiger partial charge in [-0.05, 0) is 25.8 Å². The molecule has 0 radical (unpaired) electrons. The van der Waals surface area contributed by atoms with E-state index in [9.17, 15) is 0 Å². The predicted octanol–water partition coefficient (Wildman–Crippen LogP) is 2.43. The van der Waals surface area contributed by atoms with E-state index in [0.29, 0.717) is 0 Å². The van der Waals surface area contributed by atoms with Crippen molar-refractivity contribution in [2.75, 3.05) is 6.54 Å². The van der Waals surface area contributed by atoms with Crippen molar-refractivity contribution in [2.45, 2.75) is 27.2 Å². The smallest absolute Gasteiger partial charge is 0.0386 e. The maximum absolute atomic E-state index is 4.17. The van der Waals surface area contributed by atoms with Crippen molar-refractivity contribution in [1.29, 1.82) is 0 Å². The summed E-state index contributed by atoms with van der Waals surface area (Å²) in [6.45, 7) is 7.15. The van der Waals surface area contributed by atoms with E-state index in [4.69, 9.17) is 0 Å². The summed E-state index contributed by atoms with van der Waals surface area (Å²) in [6, 6.07) is 0. The van der Waals surface area contributed by atoms with Gasteiger partial charge in [-0.1, -0.05) is 13.0 Å². The SMILES string of the molecule is C/C=C(/C)C=NCCC. The number of hydrogen-bond donors (Lipinski definition) is 0. The maximum atomic E-state index is 4.17. The zero-order chi connectivity index (χ0) is 7.11. The van der Waals surface area contributed by atoms with Crippen LogP contribution in [0.4, 0.5) is 0 Å². The summed E-state index contributed by atoms with van der Waals surface area (Å²) in [4.78, 5) is 4.17. The Kier molecular flexibility index (Phi) is 5.18. The maximum Gasteiger partial charge on any atom is 0.0386 e. The summed E-state index contributed by atoms with van der Waals surface area (Å²) in [6.07, 6.45) is 5.11. The lowest BCUT2D eigenvalue weighted by Crippen LogP contribution is -1.79. The highest BCUT2D eigenvalue weighted by molar-refractivity contribution is 5.77. The monoisotopic (exact) mass is 125 g/mol. The van der Waals surface area contributed by atoms with E-state index in [2.05, 4.69) is 24.9 Å². The Balaban J connectivity index is 3.45. The third kappa shape index (κ3) is 5.28. The van der Waals surface area contributed by atoms with Crippen LogP contribution in [0, 0.1) is 0 Å². The van der Waals surface area contributed by atoms with Crippen molar-refractivity contribution in [1.82, 2.24) is 0 Å². The van der Waals surface area contributed by atoms with Crippen LogP contribution in [0.5, 0.6) is 0 Å². The molecular weight excluding hydrogens is 110 g/mol. The van der Waals surface area contributed by atoms with E-state index in [-0.39, 0.29) is 0 Å². The molecule has 0 saturated heterocycles. The van der Waals surface area contributed by atoms with Crippen LogP contribution >= 0.6 is 0 Å². The fourth-order valence-electron chi connectivity index (χ4n) is 0.412. The Morgan fingerprint density at radius 1 is 1.56 bits per heavy atom. The van der Waals surface area contributed by atoms with Crippen LogP contribution in [0.3, 0.4) is 0 Å². The zero-order valence-electron chi connectivity index (χ0n) is 6.52. The Morgan fingerprint density at radius 3 is 2.67 bits per heavy atom. The van der Waals surface area contributed by atoms with Crippen LogP contribution in [0.25, 0.3) is 0 Å². The van der Waals surface area contributed by atoms with E-state index in [1.54, 1.807) is 0 Å². The van der Waals surface area contributed by atoms with Gasteiger partial charge in [0, 0.05) is 12.8 Å². The number of rotatable bonds is 3. The van der Waals surface area contributed by atoms with Gasteiger partial charge in [0.15, 0.2) is 0 Å². The van der Waals surface area contributed by atoms with E-state index in [0.717, 1.165) is 13.0 Å². The second-order valence-corrected chi connectivity index (χ2v) is 2.07. The van der Waals surface area contributed by atoms with Gasteiger partial charge in [-0.25, -0.2) is 0 Å². The van der Waals surface area contributed by atoms with Crippen LogP contribution in [0.2, 0.25) is 0 Å². The molecule has 1 nitrogen and oxygen atoms in total. The van der Waals surface area contributed by atoms with E-state index >= 15 is 0 Å². The summed E-state index contributed by atoms with van der Waals surface area (Å²) in [5.74, 6) is 0. The fourth-order valence-corrected chi connectivity index (χ4v) is 0.412. The van der Waals surface area contributed by atoms with Crippen LogP contribution < -0.4 is 0 Å². The van der Waals surface area contributed by atoms with Crippen molar-refractivity contribution in [3.8, 4) is 0 Å². The highest BCUT2D eigenvalue weighted by Gasteiger charge is 1.76. The van der Waals surface area contributed by atoms with Crippen LogP contribution in [-0.4, -0.2) is 12.8 Å². The standard InChI is InChI=1S/C8H15N/c1-4-6-9-7-8(3)5-2/h5,7H,4,6H2,1-3H3/b8-5-,9-7?. The van der Waals surface area contributed by atoms with Gasteiger partial charge in [0.1, 0.15) is 0 Å². The normalized spacial score (nSPS) is 13.0. The Hall–Kier alpha value is -0.590. The summed E-state index contributed by atoms with van der Waals surface area (Å²) in [5, 5.41) is 0. The third-order valence-electron chi connectivity index (χ3n) is 1.10. The molecule has 0 aromatic rings. The van der Waals surface area contributed by atoms with E-state index in [1.165, 1.54) is 5.57 Å². The first-order chi connectivity index (χ1) is 4.31. The Labute approximate surface area is 57.5 Å². The minimum absolute atomic E-state index is 0.950. The molecule has 52 valence electrons. The molecule has 0 aromatic heterocycles. The van der Waals surface area contributed by atoms with Crippen molar-refractivity contribution in [3.63, 3.8) is 0 Å². The third-order valence-corrected chi connectivity index (χ3v) is 1.10. The fraction of sp³-hybridized carbons (Fsp3) is 0.625. The lowest BCUT2D eigenvalue weighted by molar-refractivity contribution is 0.936. The molecule has 0 aliphatic carbocycles. The predicted molar refractivity (Wildman–Crippen MR) is 43.1 cm³/mol. The molecule has 0 fully saturated rings.